The highest BCUT2D eigenvalue weighted by molar-refractivity contribution is 8.00. The van der Waals surface area contributed by atoms with Crippen molar-refractivity contribution < 1.29 is 22.4 Å². The molecule has 0 spiro atoms. The normalized spacial score (nSPS) is 11.3. The summed E-state index contributed by atoms with van der Waals surface area (Å²) in [6.45, 7) is 0.383. The number of benzene rings is 2. The smallest absolute Gasteiger partial charge is 0.355 e. The van der Waals surface area contributed by atoms with Crippen molar-refractivity contribution in [1.29, 1.82) is 0 Å². The van der Waals surface area contributed by atoms with E-state index in [0.717, 1.165) is 29.5 Å². The van der Waals surface area contributed by atoms with Gasteiger partial charge in [-0.15, -0.1) is 11.8 Å². The number of amides is 1. The Balaban J connectivity index is 1.76. The van der Waals surface area contributed by atoms with Gasteiger partial charge in [-0.1, -0.05) is 18.2 Å². The first-order valence-corrected chi connectivity index (χ1v) is 8.14. The third-order valence-electron chi connectivity index (χ3n) is 3.18. The quantitative estimate of drug-likeness (QED) is 0.617. The molecule has 0 fully saturated rings. The summed E-state index contributed by atoms with van der Waals surface area (Å²) in [6, 6.07) is 10.8. The fraction of sp³-hybridized carbons (Fsp3) is 0.235. The van der Waals surface area contributed by atoms with Crippen molar-refractivity contribution in [2.45, 2.75) is 17.5 Å². The summed E-state index contributed by atoms with van der Waals surface area (Å²) in [5.41, 5.74) is 0.159. The lowest BCUT2D eigenvalue weighted by Gasteiger charge is -2.09. The number of hydrogen-bond donors (Lipinski definition) is 1. The molecule has 0 aliphatic carbocycles. The van der Waals surface area contributed by atoms with Crippen molar-refractivity contribution in [2.24, 2.45) is 0 Å². The second-order valence-corrected chi connectivity index (χ2v) is 6.09. The number of carbonyl (C=O) groups excluding carboxylic acids is 1. The van der Waals surface area contributed by atoms with E-state index in [-0.39, 0.29) is 17.5 Å². The molecule has 1 N–H and O–H groups in total. The fourth-order valence-corrected chi connectivity index (χ4v) is 2.74. The van der Waals surface area contributed by atoms with Crippen LogP contribution in [0.2, 0.25) is 0 Å². The minimum atomic E-state index is -4.39. The Morgan fingerprint density at radius 1 is 1.08 bits per heavy atom. The summed E-state index contributed by atoms with van der Waals surface area (Å²) in [5.74, 6) is -0.551. The Morgan fingerprint density at radius 2 is 1.79 bits per heavy atom. The summed E-state index contributed by atoms with van der Waals surface area (Å²) in [4.78, 5) is 12.1. The molecule has 24 heavy (non-hydrogen) atoms. The Hall–Kier alpha value is -2.02. The van der Waals surface area contributed by atoms with Gasteiger partial charge in [-0.2, -0.15) is 13.2 Å². The van der Waals surface area contributed by atoms with E-state index in [9.17, 15) is 22.4 Å². The Morgan fingerprint density at radius 3 is 2.46 bits per heavy atom. The van der Waals surface area contributed by atoms with Crippen LogP contribution in [-0.2, 0) is 17.4 Å². The molecule has 0 bridgehead atoms. The molecule has 0 saturated heterocycles. The number of nitrogens with one attached hydrogen (secondary N) is 1. The first-order valence-electron chi connectivity index (χ1n) is 7.16. The highest BCUT2D eigenvalue weighted by Gasteiger charge is 2.30. The van der Waals surface area contributed by atoms with Crippen LogP contribution in [0.1, 0.15) is 11.1 Å². The molecule has 0 radical (unpaired) electrons. The van der Waals surface area contributed by atoms with Gasteiger partial charge in [-0.25, -0.2) is 4.39 Å². The van der Waals surface area contributed by atoms with Gasteiger partial charge in [0.1, 0.15) is 5.82 Å². The van der Waals surface area contributed by atoms with Crippen LogP contribution in [0.25, 0.3) is 0 Å². The average Bonchev–Trinajstić information content (AvgIpc) is 2.54. The molecule has 0 unspecified atom stereocenters. The molecule has 2 aromatic carbocycles. The van der Waals surface area contributed by atoms with Gasteiger partial charge in [0, 0.05) is 11.4 Å². The zero-order valence-electron chi connectivity index (χ0n) is 12.6. The number of halogens is 4. The van der Waals surface area contributed by atoms with Crippen molar-refractivity contribution in [2.75, 3.05) is 12.3 Å². The van der Waals surface area contributed by atoms with Crippen molar-refractivity contribution >= 4 is 17.7 Å². The van der Waals surface area contributed by atoms with E-state index in [1.807, 2.05) is 0 Å². The number of rotatable bonds is 6. The minimum Gasteiger partial charge on any atom is -0.355 e. The maximum absolute atomic E-state index is 12.8. The number of thioether (sulfide) groups is 1. The molecule has 0 aromatic heterocycles. The predicted molar refractivity (Wildman–Crippen MR) is 85.3 cm³/mol. The van der Waals surface area contributed by atoms with Crippen molar-refractivity contribution in [3.8, 4) is 0 Å². The van der Waals surface area contributed by atoms with Crippen LogP contribution in [-0.4, -0.2) is 18.2 Å². The van der Waals surface area contributed by atoms with Crippen molar-refractivity contribution in [3.63, 3.8) is 0 Å². The summed E-state index contributed by atoms with van der Waals surface area (Å²) in [7, 11) is 0. The highest BCUT2D eigenvalue weighted by atomic mass is 32.2. The van der Waals surface area contributed by atoms with E-state index >= 15 is 0 Å². The highest BCUT2D eigenvalue weighted by Crippen LogP contribution is 2.31. The predicted octanol–water partition coefficient (Wildman–Crippen LogP) is 4.30. The van der Waals surface area contributed by atoms with Crippen LogP contribution in [0.4, 0.5) is 17.6 Å². The summed E-state index contributed by atoms with van der Waals surface area (Å²) >= 11 is 1.05. The maximum Gasteiger partial charge on any atom is 0.416 e. The summed E-state index contributed by atoms with van der Waals surface area (Å²) in [5, 5.41) is 2.69. The molecule has 0 heterocycles. The van der Waals surface area contributed by atoms with Gasteiger partial charge in [0.25, 0.3) is 0 Å². The van der Waals surface area contributed by atoms with E-state index in [1.54, 1.807) is 12.1 Å². The van der Waals surface area contributed by atoms with E-state index in [2.05, 4.69) is 5.32 Å². The monoisotopic (exact) mass is 357 g/mol. The lowest BCUT2D eigenvalue weighted by Crippen LogP contribution is -2.27. The van der Waals surface area contributed by atoms with Crippen LogP contribution < -0.4 is 5.32 Å². The lowest BCUT2D eigenvalue weighted by atomic mass is 10.1. The van der Waals surface area contributed by atoms with Gasteiger partial charge in [-0.3, -0.25) is 4.79 Å². The zero-order valence-corrected chi connectivity index (χ0v) is 13.4. The first-order chi connectivity index (χ1) is 11.3. The van der Waals surface area contributed by atoms with Crippen LogP contribution >= 0.6 is 11.8 Å². The second-order valence-electron chi connectivity index (χ2n) is 5.04. The number of carbonyl (C=O) groups is 1. The number of hydrogen-bond acceptors (Lipinski definition) is 2. The van der Waals surface area contributed by atoms with E-state index in [4.69, 9.17) is 0 Å². The van der Waals surface area contributed by atoms with Gasteiger partial charge >= 0.3 is 6.18 Å². The fourth-order valence-electron chi connectivity index (χ4n) is 1.96. The third-order valence-corrected chi connectivity index (χ3v) is 4.17. The minimum absolute atomic E-state index is 0.0325. The first kappa shape index (κ1) is 18.3. The molecule has 1 amide bonds. The van der Waals surface area contributed by atoms with Gasteiger partial charge in [0.2, 0.25) is 5.91 Å². The lowest BCUT2D eigenvalue weighted by molar-refractivity contribution is -0.137. The SMILES string of the molecule is O=C(CSc1cccc(C(F)(F)F)c1)NCCc1ccc(F)cc1. The van der Waals surface area contributed by atoms with E-state index in [0.29, 0.717) is 17.9 Å². The summed E-state index contributed by atoms with van der Waals surface area (Å²) in [6.07, 6.45) is -3.84. The molecule has 7 heteroatoms. The standard InChI is InChI=1S/C17H15F4NOS/c18-14-6-4-12(5-7-14)8-9-22-16(23)11-24-15-3-1-2-13(10-15)17(19,20)21/h1-7,10H,8-9,11H2,(H,22,23). The largest absolute Gasteiger partial charge is 0.416 e. The van der Waals surface area contributed by atoms with Crippen LogP contribution in [0.15, 0.2) is 53.4 Å². The van der Waals surface area contributed by atoms with Gasteiger partial charge in [-0.05, 0) is 42.3 Å². The molecular weight excluding hydrogens is 342 g/mol. The average molecular weight is 357 g/mol. The van der Waals surface area contributed by atoms with Crippen molar-refractivity contribution in [3.05, 3.63) is 65.5 Å². The molecule has 128 valence electrons. The Bertz CT molecular complexity index is 686. The third kappa shape index (κ3) is 5.88. The Labute approximate surface area is 141 Å². The number of alkyl halides is 3. The molecule has 0 aliphatic heterocycles. The molecule has 0 saturated carbocycles. The molecule has 0 aliphatic rings. The topological polar surface area (TPSA) is 29.1 Å². The molecule has 0 atom stereocenters. The Kier molecular flexibility index (Phi) is 6.25. The van der Waals surface area contributed by atoms with Crippen LogP contribution in [0, 0.1) is 5.82 Å². The molecule has 2 nitrogen and oxygen atoms in total. The molecular formula is C17H15F4NOS. The maximum atomic E-state index is 12.8. The van der Waals surface area contributed by atoms with Crippen LogP contribution in [0.5, 0.6) is 0 Å². The summed E-state index contributed by atoms with van der Waals surface area (Å²) < 4.78 is 50.6. The van der Waals surface area contributed by atoms with Gasteiger partial charge in [0.05, 0.1) is 11.3 Å². The van der Waals surface area contributed by atoms with Crippen molar-refractivity contribution in [1.82, 2.24) is 5.32 Å². The van der Waals surface area contributed by atoms with E-state index in [1.165, 1.54) is 24.3 Å². The molecule has 2 rings (SSSR count). The second kappa shape index (κ2) is 8.19. The van der Waals surface area contributed by atoms with Gasteiger partial charge < -0.3 is 5.32 Å². The van der Waals surface area contributed by atoms with Crippen LogP contribution in [0.3, 0.4) is 0 Å². The zero-order chi connectivity index (χ0) is 17.6. The van der Waals surface area contributed by atoms with E-state index < -0.39 is 11.7 Å². The van der Waals surface area contributed by atoms with Gasteiger partial charge in [0.15, 0.2) is 0 Å². The molecule has 2 aromatic rings.